The summed E-state index contributed by atoms with van der Waals surface area (Å²) < 4.78 is 0. The summed E-state index contributed by atoms with van der Waals surface area (Å²) in [5.74, 6) is 5.66. The van der Waals surface area contributed by atoms with E-state index in [1.807, 2.05) is 0 Å². The summed E-state index contributed by atoms with van der Waals surface area (Å²) >= 11 is 0. The van der Waals surface area contributed by atoms with Crippen LogP contribution in [0.1, 0.15) is 19.8 Å². The third kappa shape index (κ3) is 3.99. The molecule has 0 unspecified atom stereocenters. The van der Waals surface area contributed by atoms with Crippen molar-refractivity contribution in [3.05, 3.63) is 0 Å². The van der Waals surface area contributed by atoms with E-state index in [1.54, 1.807) is 6.92 Å². The molecule has 0 radical (unpaired) electrons. The Kier molecular flexibility index (Phi) is 3.62. The van der Waals surface area contributed by atoms with Crippen molar-refractivity contribution >= 4 is 5.91 Å². The number of hydrogen-bond acceptors (Lipinski definition) is 2. The highest BCUT2D eigenvalue weighted by molar-refractivity contribution is 5.78. The van der Waals surface area contributed by atoms with Crippen LogP contribution in [0.25, 0.3) is 0 Å². The highest BCUT2D eigenvalue weighted by Crippen LogP contribution is 2.17. The van der Waals surface area contributed by atoms with Crippen LogP contribution in [-0.4, -0.2) is 25.0 Å². The lowest BCUT2D eigenvalue weighted by Crippen LogP contribution is -2.35. The highest BCUT2D eigenvalue weighted by Gasteiger charge is 2.22. The summed E-state index contributed by atoms with van der Waals surface area (Å²) in [5.41, 5.74) is 0. The second-order valence-corrected chi connectivity index (χ2v) is 2.87. The maximum absolute atomic E-state index is 11.0. The second kappa shape index (κ2) is 4.78. The molecule has 3 nitrogen and oxygen atoms in total. The fourth-order valence-electron chi connectivity index (χ4n) is 0.833. The minimum atomic E-state index is 0.0791. The van der Waals surface area contributed by atoms with Crippen molar-refractivity contribution < 1.29 is 4.79 Å². The van der Waals surface area contributed by atoms with Gasteiger partial charge >= 0.3 is 0 Å². The predicted molar refractivity (Wildman–Crippen MR) is 47.5 cm³/mol. The Bertz CT molecular complexity index is 210. The molecular weight excluding hydrogens is 152 g/mol. The molecule has 1 saturated carbocycles. The van der Waals surface area contributed by atoms with Gasteiger partial charge in [0.2, 0.25) is 5.91 Å². The molecular formula is C9H14N2O. The highest BCUT2D eigenvalue weighted by atomic mass is 16.2. The summed E-state index contributed by atoms with van der Waals surface area (Å²) in [6.45, 7) is 2.76. The van der Waals surface area contributed by atoms with Crippen molar-refractivity contribution in [3.63, 3.8) is 0 Å². The van der Waals surface area contributed by atoms with E-state index in [-0.39, 0.29) is 5.91 Å². The van der Waals surface area contributed by atoms with Crippen LogP contribution in [0.3, 0.4) is 0 Å². The minimum absolute atomic E-state index is 0.0791. The molecule has 0 aromatic carbocycles. The first kappa shape index (κ1) is 9.08. The first-order valence-electron chi connectivity index (χ1n) is 4.22. The lowest BCUT2D eigenvalue weighted by Gasteiger charge is -2.01. The Morgan fingerprint density at radius 1 is 1.58 bits per heavy atom. The Labute approximate surface area is 72.9 Å². The monoisotopic (exact) mass is 166 g/mol. The fraction of sp³-hybridized carbons (Fsp3) is 0.667. The van der Waals surface area contributed by atoms with Crippen LogP contribution >= 0.6 is 0 Å². The van der Waals surface area contributed by atoms with Crippen LogP contribution in [0.5, 0.6) is 0 Å². The first-order valence-corrected chi connectivity index (χ1v) is 4.22. The van der Waals surface area contributed by atoms with E-state index in [9.17, 15) is 4.79 Å². The molecule has 0 saturated heterocycles. The summed E-state index contributed by atoms with van der Waals surface area (Å²) in [4.78, 5) is 11.0. The summed E-state index contributed by atoms with van der Waals surface area (Å²) in [6.07, 6.45) is 2.28. The van der Waals surface area contributed by atoms with Gasteiger partial charge in [-0.25, -0.2) is 0 Å². The lowest BCUT2D eigenvalue weighted by atomic mass is 10.5. The summed E-state index contributed by atoms with van der Waals surface area (Å²) in [6, 6.07) is 0.455. The van der Waals surface area contributed by atoms with Crippen LogP contribution in [0.15, 0.2) is 0 Å². The van der Waals surface area contributed by atoms with Gasteiger partial charge in [-0.15, -0.1) is 5.92 Å². The predicted octanol–water partition coefficient (Wildman–Crippen LogP) is -0.122. The van der Waals surface area contributed by atoms with Gasteiger partial charge in [-0.1, -0.05) is 5.92 Å². The molecule has 2 N–H and O–H groups in total. The molecule has 66 valence electrons. The Morgan fingerprint density at radius 3 is 2.92 bits per heavy atom. The van der Waals surface area contributed by atoms with Gasteiger partial charge < -0.3 is 5.32 Å². The standard InChI is InChI=1S/C9H14N2O/c1-2-3-6-10-7-9(12)11-8-4-5-8/h8,10H,4-7H2,1H3,(H,11,12). The zero-order valence-electron chi connectivity index (χ0n) is 7.31. The molecule has 0 spiro atoms. The van der Waals surface area contributed by atoms with Crippen molar-refractivity contribution in [2.45, 2.75) is 25.8 Å². The molecule has 0 aromatic heterocycles. The fourth-order valence-corrected chi connectivity index (χ4v) is 0.833. The molecule has 0 heterocycles. The van der Waals surface area contributed by atoms with Crippen molar-refractivity contribution in [3.8, 4) is 11.8 Å². The van der Waals surface area contributed by atoms with Gasteiger partial charge in [0.05, 0.1) is 13.1 Å². The van der Waals surface area contributed by atoms with Gasteiger partial charge in [-0.2, -0.15) is 0 Å². The lowest BCUT2D eigenvalue weighted by molar-refractivity contribution is -0.120. The zero-order valence-corrected chi connectivity index (χ0v) is 7.31. The van der Waals surface area contributed by atoms with Crippen LogP contribution < -0.4 is 10.6 Å². The molecule has 0 atom stereocenters. The summed E-state index contributed by atoms with van der Waals surface area (Å²) in [5, 5.41) is 5.81. The Morgan fingerprint density at radius 2 is 2.33 bits per heavy atom. The van der Waals surface area contributed by atoms with Crippen molar-refractivity contribution in [1.82, 2.24) is 10.6 Å². The zero-order chi connectivity index (χ0) is 8.81. The van der Waals surface area contributed by atoms with E-state index in [0.717, 1.165) is 12.8 Å². The van der Waals surface area contributed by atoms with Gasteiger partial charge in [0.25, 0.3) is 0 Å². The van der Waals surface area contributed by atoms with Crippen molar-refractivity contribution in [2.75, 3.05) is 13.1 Å². The number of hydrogen-bond donors (Lipinski definition) is 2. The molecule has 1 aliphatic rings. The third-order valence-electron chi connectivity index (χ3n) is 1.62. The third-order valence-corrected chi connectivity index (χ3v) is 1.62. The largest absolute Gasteiger partial charge is 0.352 e. The Hall–Kier alpha value is -1.01. The maximum atomic E-state index is 11.0. The van der Waals surface area contributed by atoms with E-state index in [2.05, 4.69) is 22.5 Å². The number of carbonyl (C=O) groups is 1. The van der Waals surface area contributed by atoms with E-state index < -0.39 is 0 Å². The van der Waals surface area contributed by atoms with Gasteiger partial charge in [0.1, 0.15) is 0 Å². The first-order chi connectivity index (χ1) is 5.83. The number of nitrogens with one attached hydrogen (secondary N) is 2. The van der Waals surface area contributed by atoms with Gasteiger partial charge in [-0.05, 0) is 19.8 Å². The Balaban J connectivity index is 1.96. The molecule has 1 rings (SSSR count). The average molecular weight is 166 g/mol. The van der Waals surface area contributed by atoms with Crippen molar-refractivity contribution in [2.24, 2.45) is 0 Å². The van der Waals surface area contributed by atoms with E-state index in [4.69, 9.17) is 0 Å². The SMILES string of the molecule is CC#CCNCC(=O)NC1CC1. The molecule has 1 aliphatic carbocycles. The van der Waals surface area contributed by atoms with Crippen LogP contribution in [-0.2, 0) is 4.79 Å². The summed E-state index contributed by atoms with van der Waals surface area (Å²) in [7, 11) is 0. The van der Waals surface area contributed by atoms with E-state index >= 15 is 0 Å². The van der Waals surface area contributed by atoms with Crippen LogP contribution in [0.2, 0.25) is 0 Å². The quantitative estimate of drug-likeness (QED) is 0.451. The average Bonchev–Trinajstić information content (AvgIpc) is 2.82. The number of carbonyl (C=O) groups excluding carboxylic acids is 1. The van der Waals surface area contributed by atoms with Gasteiger partial charge in [0.15, 0.2) is 0 Å². The normalized spacial score (nSPS) is 14.8. The van der Waals surface area contributed by atoms with Gasteiger partial charge in [-0.3, -0.25) is 10.1 Å². The topological polar surface area (TPSA) is 41.1 Å². The molecule has 0 aliphatic heterocycles. The van der Waals surface area contributed by atoms with Gasteiger partial charge in [0, 0.05) is 6.04 Å². The maximum Gasteiger partial charge on any atom is 0.234 e. The number of rotatable bonds is 4. The number of amides is 1. The molecule has 0 bridgehead atoms. The molecule has 1 fully saturated rings. The van der Waals surface area contributed by atoms with Crippen LogP contribution in [0.4, 0.5) is 0 Å². The molecule has 3 heteroatoms. The van der Waals surface area contributed by atoms with E-state index in [0.29, 0.717) is 19.1 Å². The van der Waals surface area contributed by atoms with E-state index in [1.165, 1.54) is 0 Å². The van der Waals surface area contributed by atoms with Crippen LogP contribution in [0, 0.1) is 11.8 Å². The molecule has 1 amide bonds. The second-order valence-electron chi connectivity index (χ2n) is 2.87. The van der Waals surface area contributed by atoms with Crippen molar-refractivity contribution in [1.29, 1.82) is 0 Å². The minimum Gasteiger partial charge on any atom is -0.352 e. The molecule has 0 aromatic rings. The molecule has 12 heavy (non-hydrogen) atoms. The smallest absolute Gasteiger partial charge is 0.234 e.